The number of nitrogens with one attached hydrogen (secondary N) is 1. The summed E-state index contributed by atoms with van der Waals surface area (Å²) in [5.74, 6) is 0. The first-order valence-corrected chi connectivity index (χ1v) is 6.95. The third kappa shape index (κ3) is 2.34. The summed E-state index contributed by atoms with van der Waals surface area (Å²) in [6.45, 7) is 1.35. The molecule has 0 saturated carbocycles. The molecule has 16 heavy (non-hydrogen) atoms. The van der Waals surface area contributed by atoms with E-state index in [2.05, 4.69) is 15.3 Å². The molecule has 0 aromatic carbocycles. The summed E-state index contributed by atoms with van der Waals surface area (Å²) in [5, 5.41) is 2.83. The first-order valence-electron chi connectivity index (χ1n) is 5.03. The van der Waals surface area contributed by atoms with Gasteiger partial charge in [0.1, 0.15) is 11.5 Å². The Kier molecular flexibility index (Phi) is 3.41. The number of hydrogen-bond donors (Lipinski definition) is 1. The minimum absolute atomic E-state index is 0.0150. The number of halogens is 1. The first kappa shape index (κ1) is 11.8. The molecule has 1 aromatic heterocycles. The van der Waals surface area contributed by atoms with Crippen molar-refractivity contribution >= 4 is 21.4 Å². The normalized spacial score (nSPS) is 21.9. The fourth-order valence-electron chi connectivity index (χ4n) is 1.73. The van der Waals surface area contributed by atoms with Crippen LogP contribution in [0.3, 0.4) is 0 Å². The molecule has 1 atom stereocenters. The van der Waals surface area contributed by atoms with Crippen LogP contribution < -0.4 is 5.32 Å². The average molecular weight is 262 g/mol. The van der Waals surface area contributed by atoms with Crippen LogP contribution in [-0.4, -0.2) is 36.7 Å². The Balaban J connectivity index is 2.30. The smallest absolute Gasteiger partial charge is 0.199 e. The highest BCUT2D eigenvalue weighted by Crippen LogP contribution is 2.20. The summed E-state index contributed by atoms with van der Waals surface area (Å²) < 4.78 is 24.3. The van der Waals surface area contributed by atoms with Crippen molar-refractivity contribution in [2.24, 2.45) is 0 Å². The van der Waals surface area contributed by atoms with Crippen molar-refractivity contribution in [1.29, 1.82) is 0 Å². The highest BCUT2D eigenvalue weighted by atomic mass is 35.5. The van der Waals surface area contributed by atoms with Crippen molar-refractivity contribution in [3.63, 3.8) is 0 Å². The molecule has 0 radical (unpaired) electrons. The van der Waals surface area contributed by atoms with Crippen LogP contribution in [-0.2, 0) is 9.84 Å². The van der Waals surface area contributed by atoms with E-state index in [1.54, 1.807) is 0 Å². The van der Waals surface area contributed by atoms with E-state index in [1.807, 2.05) is 0 Å². The van der Waals surface area contributed by atoms with Gasteiger partial charge in [0, 0.05) is 12.6 Å². The molecule has 1 saturated heterocycles. The van der Waals surface area contributed by atoms with Gasteiger partial charge in [-0.05, 0) is 19.4 Å². The van der Waals surface area contributed by atoms with Gasteiger partial charge < -0.3 is 5.32 Å². The van der Waals surface area contributed by atoms with E-state index in [-0.39, 0.29) is 10.2 Å². The van der Waals surface area contributed by atoms with E-state index in [0.29, 0.717) is 13.0 Å². The molecule has 0 spiro atoms. The Bertz CT molecular complexity index is 471. The summed E-state index contributed by atoms with van der Waals surface area (Å²) in [5.41, 5.74) is 0. The SMILES string of the molecule is O=S(=O)(c1cc(Cl)ncn1)[C@@H]1CCCNC1. The van der Waals surface area contributed by atoms with Crippen molar-refractivity contribution in [2.45, 2.75) is 23.1 Å². The molecule has 1 aliphatic heterocycles. The predicted molar refractivity (Wildman–Crippen MR) is 60.1 cm³/mol. The molecule has 2 rings (SSSR count). The van der Waals surface area contributed by atoms with E-state index in [1.165, 1.54) is 12.4 Å². The summed E-state index contributed by atoms with van der Waals surface area (Å²) in [4.78, 5) is 7.45. The van der Waals surface area contributed by atoms with Crippen LogP contribution in [0.4, 0.5) is 0 Å². The minimum Gasteiger partial charge on any atom is -0.315 e. The monoisotopic (exact) mass is 261 g/mol. The quantitative estimate of drug-likeness (QED) is 0.792. The molecule has 1 aromatic rings. The maximum Gasteiger partial charge on any atom is 0.199 e. The zero-order valence-corrected chi connectivity index (χ0v) is 10.1. The number of nitrogens with zero attached hydrogens (tertiary/aromatic N) is 2. The molecule has 2 heterocycles. The lowest BCUT2D eigenvalue weighted by Gasteiger charge is -2.22. The van der Waals surface area contributed by atoms with Gasteiger partial charge in [-0.2, -0.15) is 0 Å². The van der Waals surface area contributed by atoms with Crippen molar-refractivity contribution < 1.29 is 8.42 Å². The standard InChI is InChI=1S/C9H12ClN3O2S/c10-8-4-9(13-6-12-8)16(14,15)7-2-1-3-11-5-7/h4,6-7,11H,1-3,5H2/t7-/m1/s1. The Labute approximate surface area is 99.2 Å². The number of sulfone groups is 1. The van der Waals surface area contributed by atoms with Gasteiger partial charge >= 0.3 is 0 Å². The second kappa shape index (κ2) is 4.65. The molecular weight excluding hydrogens is 250 g/mol. The Morgan fingerprint density at radius 2 is 2.25 bits per heavy atom. The van der Waals surface area contributed by atoms with Crippen molar-refractivity contribution in [2.75, 3.05) is 13.1 Å². The van der Waals surface area contributed by atoms with Gasteiger partial charge in [0.15, 0.2) is 14.9 Å². The third-order valence-electron chi connectivity index (χ3n) is 2.59. The van der Waals surface area contributed by atoms with Crippen molar-refractivity contribution in [1.82, 2.24) is 15.3 Å². The fourth-order valence-corrected chi connectivity index (χ4v) is 3.57. The lowest BCUT2D eigenvalue weighted by atomic mass is 10.2. The van der Waals surface area contributed by atoms with E-state index in [9.17, 15) is 8.42 Å². The molecular formula is C9H12ClN3O2S. The maximum absolute atomic E-state index is 12.2. The highest BCUT2D eigenvalue weighted by Gasteiger charge is 2.30. The van der Waals surface area contributed by atoms with Crippen LogP contribution in [0.15, 0.2) is 17.4 Å². The molecule has 1 N–H and O–H groups in total. The van der Waals surface area contributed by atoms with Crippen molar-refractivity contribution in [3.05, 3.63) is 17.5 Å². The lowest BCUT2D eigenvalue weighted by molar-refractivity contribution is 0.495. The Morgan fingerprint density at radius 1 is 1.44 bits per heavy atom. The van der Waals surface area contributed by atoms with Gasteiger partial charge in [-0.1, -0.05) is 11.6 Å². The number of hydrogen-bond acceptors (Lipinski definition) is 5. The lowest BCUT2D eigenvalue weighted by Crippen LogP contribution is -2.39. The molecule has 5 nitrogen and oxygen atoms in total. The van der Waals surface area contributed by atoms with Gasteiger partial charge in [0.2, 0.25) is 0 Å². The van der Waals surface area contributed by atoms with Gasteiger partial charge in [0.25, 0.3) is 0 Å². The summed E-state index contributed by atoms with van der Waals surface area (Å²) in [7, 11) is -3.38. The minimum atomic E-state index is -3.38. The Morgan fingerprint density at radius 3 is 2.88 bits per heavy atom. The van der Waals surface area contributed by atoms with Crippen LogP contribution in [0.5, 0.6) is 0 Å². The van der Waals surface area contributed by atoms with E-state index in [4.69, 9.17) is 11.6 Å². The maximum atomic E-state index is 12.2. The zero-order valence-electron chi connectivity index (χ0n) is 8.56. The molecule has 0 unspecified atom stereocenters. The molecule has 1 aliphatic rings. The van der Waals surface area contributed by atoms with Crippen LogP contribution in [0.2, 0.25) is 5.15 Å². The predicted octanol–water partition coefficient (Wildman–Crippen LogP) is 0.656. The highest BCUT2D eigenvalue weighted by molar-refractivity contribution is 7.92. The second-order valence-electron chi connectivity index (χ2n) is 3.69. The van der Waals surface area contributed by atoms with Gasteiger partial charge in [-0.3, -0.25) is 0 Å². The largest absolute Gasteiger partial charge is 0.315 e. The Hall–Kier alpha value is -0.720. The zero-order chi connectivity index (χ0) is 11.6. The second-order valence-corrected chi connectivity index (χ2v) is 6.25. The molecule has 0 amide bonds. The number of piperidine rings is 1. The average Bonchev–Trinajstić information content (AvgIpc) is 2.30. The third-order valence-corrected chi connectivity index (χ3v) is 4.88. The summed E-state index contributed by atoms with van der Waals surface area (Å²) in [6, 6.07) is 1.30. The first-order chi connectivity index (χ1) is 7.60. The number of aromatic nitrogens is 2. The fraction of sp³-hybridized carbons (Fsp3) is 0.556. The molecule has 7 heteroatoms. The van der Waals surface area contributed by atoms with Gasteiger partial charge in [-0.15, -0.1) is 0 Å². The molecule has 88 valence electrons. The molecule has 0 bridgehead atoms. The topological polar surface area (TPSA) is 72.0 Å². The van der Waals surface area contributed by atoms with E-state index in [0.717, 1.165) is 13.0 Å². The summed E-state index contributed by atoms with van der Waals surface area (Å²) >= 11 is 5.66. The van der Waals surface area contributed by atoms with Crippen LogP contribution in [0.1, 0.15) is 12.8 Å². The van der Waals surface area contributed by atoms with E-state index < -0.39 is 15.1 Å². The van der Waals surface area contributed by atoms with Crippen molar-refractivity contribution in [3.8, 4) is 0 Å². The van der Waals surface area contributed by atoms with Crippen LogP contribution in [0.25, 0.3) is 0 Å². The summed E-state index contributed by atoms with van der Waals surface area (Å²) in [6.07, 6.45) is 2.70. The van der Waals surface area contributed by atoms with Gasteiger partial charge in [0.05, 0.1) is 5.25 Å². The molecule has 1 fully saturated rings. The number of rotatable bonds is 2. The van der Waals surface area contributed by atoms with E-state index >= 15 is 0 Å². The van der Waals surface area contributed by atoms with Crippen LogP contribution in [0, 0.1) is 0 Å². The van der Waals surface area contributed by atoms with Crippen LogP contribution >= 0.6 is 11.6 Å². The molecule has 0 aliphatic carbocycles. The van der Waals surface area contributed by atoms with Gasteiger partial charge in [-0.25, -0.2) is 18.4 Å².